The molecule has 0 atom stereocenters. The van der Waals surface area contributed by atoms with E-state index in [0.717, 1.165) is 22.3 Å². The third kappa shape index (κ3) is 2.71. The summed E-state index contributed by atoms with van der Waals surface area (Å²) < 4.78 is 0.901. The van der Waals surface area contributed by atoms with E-state index in [1.54, 1.807) is 12.4 Å². The molecule has 0 saturated carbocycles. The minimum Gasteiger partial charge on any atom is -0.343 e. The lowest BCUT2D eigenvalue weighted by Gasteiger charge is -2.14. The van der Waals surface area contributed by atoms with Gasteiger partial charge in [-0.2, -0.15) is 0 Å². The zero-order valence-corrected chi connectivity index (χ0v) is 9.84. The molecule has 1 heterocycles. The molecule has 0 bridgehead atoms. The molecule has 12 heavy (non-hydrogen) atoms. The van der Waals surface area contributed by atoms with E-state index in [2.05, 4.69) is 41.8 Å². The van der Waals surface area contributed by atoms with Crippen molar-refractivity contribution in [2.24, 2.45) is 0 Å². The number of rotatable bonds is 3. The molecule has 0 radical (unpaired) electrons. The number of hydrogen-bond acceptors (Lipinski definition) is 3. The van der Waals surface area contributed by atoms with E-state index in [4.69, 9.17) is 0 Å². The molecule has 1 aromatic rings. The van der Waals surface area contributed by atoms with Crippen LogP contribution >= 0.6 is 31.9 Å². The van der Waals surface area contributed by atoms with Gasteiger partial charge in [0.25, 0.3) is 0 Å². The molecule has 5 heteroatoms. The second kappa shape index (κ2) is 4.77. The third-order valence-electron chi connectivity index (χ3n) is 1.37. The first-order valence-corrected chi connectivity index (χ1v) is 5.40. The van der Waals surface area contributed by atoms with E-state index in [1.807, 2.05) is 11.9 Å². The molecule has 0 aromatic carbocycles. The molecule has 0 unspecified atom stereocenters. The van der Waals surface area contributed by atoms with Gasteiger partial charge in [0.05, 0.1) is 4.47 Å². The van der Waals surface area contributed by atoms with Gasteiger partial charge in [-0.15, -0.1) is 0 Å². The van der Waals surface area contributed by atoms with Gasteiger partial charge < -0.3 is 4.90 Å². The number of hydrogen-bond donors (Lipinski definition) is 0. The fourth-order valence-electron chi connectivity index (χ4n) is 0.729. The third-order valence-corrected chi connectivity index (χ3v) is 2.13. The highest BCUT2D eigenvalue weighted by molar-refractivity contribution is 9.10. The highest BCUT2D eigenvalue weighted by Crippen LogP contribution is 2.09. The van der Waals surface area contributed by atoms with E-state index in [9.17, 15) is 0 Å². The van der Waals surface area contributed by atoms with E-state index in [0.29, 0.717) is 0 Å². The Kier molecular flexibility index (Phi) is 3.94. The summed E-state index contributed by atoms with van der Waals surface area (Å²) in [6.45, 7) is 0.904. The van der Waals surface area contributed by atoms with Crippen LogP contribution < -0.4 is 4.90 Å². The SMILES string of the molecule is CN(CCBr)c1ncc(Br)cn1. The van der Waals surface area contributed by atoms with Crippen molar-refractivity contribution < 1.29 is 0 Å². The Labute approximate surface area is 88.5 Å². The topological polar surface area (TPSA) is 29.0 Å². The van der Waals surface area contributed by atoms with Crippen molar-refractivity contribution in [2.45, 2.75) is 0 Å². The van der Waals surface area contributed by atoms with Crippen LogP contribution in [0.4, 0.5) is 5.95 Å². The van der Waals surface area contributed by atoms with Crippen molar-refractivity contribution >= 4 is 37.8 Å². The van der Waals surface area contributed by atoms with Gasteiger partial charge in [0.1, 0.15) is 0 Å². The van der Waals surface area contributed by atoms with Crippen LogP contribution in [0.15, 0.2) is 16.9 Å². The Morgan fingerprint density at radius 3 is 2.50 bits per heavy atom. The quantitative estimate of drug-likeness (QED) is 0.799. The van der Waals surface area contributed by atoms with Crippen LogP contribution in [-0.2, 0) is 0 Å². The van der Waals surface area contributed by atoms with E-state index >= 15 is 0 Å². The molecule has 66 valence electrons. The predicted octanol–water partition coefficient (Wildman–Crippen LogP) is 2.07. The molecule has 3 nitrogen and oxygen atoms in total. The molecule has 0 amide bonds. The fourth-order valence-corrected chi connectivity index (χ4v) is 1.47. The van der Waals surface area contributed by atoms with Crippen molar-refractivity contribution in [3.05, 3.63) is 16.9 Å². The summed E-state index contributed by atoms with van der Waals surface area (Å²) in [6.07, 6.45) is 3.49. The lowest BCUT2D eigenvalue weighted by Crippen LogP contribution is -2.21. The first-order chi connectivity index (χ1) is 5.74. The van der Waals surface area contributed by atoms with Crippen LogP contribution in [0.5, 0.6) is 0 Å². The van der Waals surface area contributed by atoms with Gasteiger partial charge in [0, 0.05) is 31.3 Å². The number of alkyl halides is 1. The fraction of sp³-hybridized carbons (Fsp3) is 0.429. The van der Waals surface area contributed by atoms with Gasteiger partial charge in [-0.3, -0.25) is 0 Å². The molecule has 0 aliphatic carbocycles. The molecular weight excluding hydrogens is 286 g/mol. The largest absolute Gasteiger partial charge is 0.343 e. The Morgan fingerprint density at radius 2 is 2.00 bits per heavy atom. The summed E-state index contributed by atoms with van der Waals surface area (Å²) in [6, 6.07) is 0. The van der Waals surface area contributed by atoms with Crippen molar-refractivity contribution in [1.29, 1.82) is 0 Å². The van der Waals surface area contributed by atoms with Crippen LogP contribution in [-0.4, -0.2) is 28.9 Å². The first-order valence-electron chi connectivity index (χ1n) is 3.48. The maximum atomic E-state index is 4.14. The van der Waals surface area contributed by atoms with Crippen molar-refractivity contribution in [2.75, 3.05) is 23.8 Å². The Bertz CT molecular complexity index is 237. The lowest BCUT2D eigenvalue weighted by molar-refractivity contribution is 0.908. The van der Waals surface area contributed by atoms with Gasteiger partial charge >= 0.3 is 0 Å². The van der Waals surface area contributed by atoms with Gasteiger partial charge in [0.2, 0.25) is 5.95 Å². The Morgan fingerprint density at radius 1 is 1.42 bits per heavy atom. The average molecular weight is 295 g/mol. The highest BCUT2D eigenvalue weighted by Gasteiger charge is 2.01. The molecule has 0 aliphatic rings. The summed E-state index contributed by atoms with van der Waals surface area (Å²) in [5.74, 6) is 0.748. The number of aromatic nitrogens is 2. The summed E-state index contributed by atoms with van der Waals surface area (Å²) in [5, 5.41) is 0.920. The molecule has 0 spiro atoms. The maximum Gasteiger partial charge on any atom is 0.225 e. The van der Waals surface area contributed by atoms with Crippen LogP contribution in [0.2, 0.25) is 0 Å². The second-order valence-corrected chi connectivity index (χ2v) is 4.02. The summed E-state index contributed by atoms with van der Waals surface area (Å²) in [4.78, 5) is 10.3. The van der Waals surface area contributed by atoms with Gasteiger partial charge in [-0.25, -0.2) is 9.97 Å². The molecule has 1 rings (SSSR count). The van der Waals surface area contributed by atoms with Crippen molar-refractivity contribution in [1.82, 2.24) is 9.97 Å². The van der Waals surface area contributed by atoms with Crippen LogP contribution in [0.1, 0.15) is 0 Å². The van der Waals surface area contributed by atoms with E-state index in [1.165, 1.54) is 0 Å². The smallest absolute Gasteiger partial charge is 0.225 e. The number of nitrogens with zero attached hydrogens (tertiary/aromatic N) is 3. The monoisotopic (exact) mass is 293 g/mol. The van der Waals surface area contributed by atoms with Crippen molar-refractivity contribution in [3.63, 3.8) is 0 Å². The number of halogens is 2. The van der Waals surface area contributed by atoms with E-state index < -0.39 is 0 Å². The van der Waals surface area contributed by atoms with Crippen LogP contribution in [0, 0.1) is 0 Å². The van der Waals surface area contributed by atoms with Gasteiger partial charge in [-0.05, 0) is 15.9 Å². The molecule has 0 N–H and O–H groups in total. The second-order valence-electron chi connectivity index (χ2n) is 2.31. The zero-order chi connectivity index (χ0) is 8.97. The zero-order valence-electron chi connectivity index (χ0n) is 6.67. The summed E-state index contributed by atoms with van der Waals surface area (Å²) in [7, 11) is 1.96. The molecule has 0 aliphatic heterocycles. The highest BCUT2D eigenvalue weighted by atomic mass is 79.9. The Hall–Kier alpha value is -0.160. The van der Waals surface area contributed by atoms with Crippen LogP contribution in [0.25, 0.3) is 0 Å². The minimum atomic E-state index is 0.748. The van der Waals surface area contributed by atoms with Gasteiger partial charge in [-0.1, -0.05) is 15.9 Å². The Balaban J connectivity index is 2.68. The molecular formula is C7H9Br2N3. The standard InChI is InChI=1S/C7H9Br2N3/c1-12(3-2-8)7-10-4-6(9)5-11-7/h4-5H,2-3H2,1H3. The number of anilines is 1. The van der Waals surface area contributed by atoms with Crippen LogP contribution in [0.3, 0.4) is 0 Å². The lowest BCUT2D eigenvalue weighted by atomic mass is 10.6. The molecule has 0 saturated heterocycles. The summed E-state index contributed by atoms with van der Waals surface area (Å²) in [5.41, 5.74) is 0. The minimum absolute atomic E-state index is 0.748. The van der Waals surface area contributed by atoms with Gasteiger partial charge in [0.15, 0.2) is 0 Å². The normalized spacial score (nSPS) is 9.92. The maximum absolute atomic E-state index is 4.14. The first kappa shape index (κ1) is 9.92. The summed E-state index contributed by atoms with van der Waals surface area (Å²) >= 11 is 6.64. The molecule has 1 aromatic heterocycles. The van der Waals surface area contributed by atoms with Crippen molar-refractivity contribution in [3.8, 4) is 0 Å². The average Bonchev–Trinajstić information content (AvgIpc) is 2.06. The molecule has 0 fully saturated rings. The van der Waals surface area contributed by atoms with E-state index in [-0.39, 0.29) is 0 Å². The predicted molar refractivity (Wildman–Crippen MR) is 56.8 cm³/mol.